The minimum absolute atomic E-state index is 0.0420. The second-order valence-corrected chi connectivity index (χ2v) is 5.84. The van der Waals surface area contributed by atoms with E-state index in [1.165, 1.54) is 25.1 Å². The molecule has 0 spiro atoms. The molecule has 0 radical (unpaired) electrons. The van der Waals surface area contributed by atoms with Crippen molar-refractivity contribution in [3.8, 4) is 11.5 Å². The van der Waals surface area contributed by atoms with Gasteiger partial charge < -0.3 is 9.47 Å². The van der Waals surface area contributed by atoms with E-state index >= 15 is 0 Å². The van der Waals surface area contributed by atoms with E-state index in [1.54, 1.807) is 6.07 Å². The summed E-state index contributed by atoms with van der Waals surface area (Å²) in [7, 11) is 0. The average molecular weight is 360 g/mol. The molecule has 26 heavy (non-hydrogen) atoms. The zero-order valence-electron chi connectivity index (χ0n) is 14.8. The Bertz CT molecular complexity index is 775. The van der Waals surface area contributed by atoms with Crippen molar-refractivity contribution in [1.82, 2.24) is 10.9 Å². The van der Waals surface area contributed by atoms with Crippen molar-refractivity contribution in [3.63, 3.8) is 0 Å². The van der Waals surface area contributed by atoms with Gasteiger partial charge in [-0.05, 0) is 56.2 Å². The normalized spacial score (nSPS) is 11.4. The number of rotatable bonds is 6. The maximum absolute atomic E-state index is 13.5. The fourth-order valence-electron chi connectivity index (χ4n) is 2.22. The smallest absolute Gasteiger partial charge is 0.279 e. The average Bonchev–Trinajstić information content (AvgIpc) is 2.59. The maximum Gasteiger partial charge on any atom is 0.279 e. The van der Waals surface area contributed by atoms with E-state index in [-0.39, 0.29) is 12.4 Å². The molecule has 0 aliphatic rings. The predicted octanol–water partition coefficient (Wildman–Crippen LogP) is 2.44. The van der Waals surface area contributed by atoms with Crippen LogP contribution >= 0.6 is 0 Å². The lowest BCUT2D eigenvalue weighted by atomic mass is 10.1. The quantitative estimate of drug-likeness (QED) is 0.776. The van der Waals surface area contributed by atoms with Crippen molar-refractivity contribution in [2.45, 2.75) is 26.9 Å². The highest BCUT2D eigenvalue weighted by Crippen LogP contribution is 2.17. The molecule has 7 heteroatoms. The van der Waals surface area contributed by atoms with Crippen molar-refractivity contribution in [2.24, 2.45) is 0 Å². The number of hydrogen-bond donors (Lipinski definition) is 2. The van der Waals surface area contributed by atoms with Gasteiger partial charge in [-0.25, -0.2) is 4.39 Å². The summed E-state index contributed by atoms with van der Waals surface area (Å²) in [6.07, 6.45) is -0.993. The van der Waals surface area contributed by atoms with Gasteiger partial charge in [-0.3, -0.25) is 20.4 Å². The van der Waals surface area contributed by atoms with Gasteiger partial charge in [-0.15, -0.1) is 0 Å². The monoisotopic (exact) mass is 360 g/mol. The van der Waals surface area contributed by atoms with Crippen LogP contribution in [0, 0.1) is 19.7 Å². The van der Waals surface area contributed by atoms with Gasteiger partial charge in [0.1, 0.15) is 5.75 Å². The van der Waals surface area contributed by atoms with Crippen LogP contribution in [0.1, 0.15) is 18.1 Å². The fourth-order valence-corrected chi connectivity index (χ4v) is 2.22. The van der Waals surface area contributed by atoms with Crippen LogP contribution in [0.5, 0.6) is 11.5 Å². The molecule has 0 aromatic heterocycles. The number of para-hydroxylation sites is 1. The molecule has 0 bridgehead atoms. The molecule has 6 nitrogen and oxygen atoms in total. The number of hydrogen-bond acceptors (Lipinski definition) is 4. The Labute approximate surface area is 151 Å². The highest BCUT2D eigenvalue weighted by atomic mass is 19.1. The van der Waals surface area contributed by atoms with Crippen LogP contribution in [-0.2, 0) is 9.59 Å². The summed E-state index contributed by atoms with van der Waals surface area (Å²) >= 11 is 0. The van der Waals surface area contributed by atoms with Gasteiger partial charge in [0, 0.05) is 0 Å². The van der Waals surface area contributed by atoms with Crippen LogP contribution in [0.15, 0.2) is 42.5 Å². The number of ether oxygens (including phenoxy) is 2. The van der Waals surface area contributed by atoms with Gasteiger partial charge in [0.25, 0.3) is 11.8 Å². The molecule has 2 aromatic rings. The first-order valence-electron chi connectivity index (χ1n) is 8.06. The van der Waals surface area contributed by atoms with E-state index in [9.17, 15) is 14.0 Å². The SMILES string of the molecule is Cc1cc(C)cc(OCC(=O)NNC(=O)[C@@H](C)Oc2ccccc2F)c1. The summed E-state index contributed by atoms with van der Waals surface area (Å²) in [6.45, 7) is 5.04. The van der Waals surface area contributed by atoms with Crippen molar-refractivity contribution in [1.29, 1.82) is 0 Å². The fraction of sp³-hybridized carbons (Fsp3) is 0.263. The minimum Gasteiger partial charge on any atom is -0.484 e. The van der Waals surface area contributed by atoms with E-state index in [0.717, 1.165) is 11.1 Å². The molecule has 0 aliphatic heterocycles. The Hall–Kier alpha value is -3.09. The zero-order chi connectivity index (χ0) is 19.1. The molecule has 2 aromatic carbocycles. The standard InChI is InChI=1S/C19H21FN2O4/c1-12-8-13(2)10-15(9-12)25-11-18(23)21-22-19(24)14(3)26-17-7-5-4-6-16(17)20/h4-10,14H,11H2,1-3H3,(H,21,23)(H,22,24)/t14-/m1/s1. The van der Waals surface area contributed by atoms with Crippen LogP contribution in [0.4, 0.5) is 4.39 Å². The summed E-state index contributed by atoms with van der Waals surface area (Å²) < 4.78 is 24.1. The number of aryl methyl sites for hydroxylation is 2. The van der Waals surface area contributed by atoms with Gasteiger partial charge >= 0.3 is 0 Å². The van der Waals surface area contributed by atoms with Crippen molar-refractivity contribution >= 4 is 11.8 Å². The number of amides is 2. The summed E-state index contributed by atoms with van der Waals surface area (Å²) in [4.78, 5) is 23.7. The summed E-state index contributed by atoms with van der Waals surface area (Å²) in [5, 5.41) is 0. The van der Waals surface area contributed by atoms with Crippen LogP contribution < -0.4 is 20.3 Å². The number of carbonyl (C=O) groups is 2. The Kier molecular flexibility index (Phi) is 6.54. The molecule has 0 unspecified atom stereocenters. The lowest BCUT2D eigenvalue weighted by Crippen LogP contribution is -2.48. The third-order valence-electron chi connectivity index (χ3n) is 3.40. The summed E-state index contributed by atoms with van der Waals surface area (Å²) in [5.41, 5.74) is 6.48. The molecule has 2 amide bonds. The third kappa shape index (κ3) is 5.77. The molecule has 0 heterocycles. The van der Waals surface area contributed by atoms with E-state index < -0.39 is 23.7 Å². The number of benzene rings is 2. The molecule has 2 N–H and O–H groups in total. The minimum atomic E-state index is -0.993. The predicted molar refractivity (Wildman–Crippen MR) is 94.2 cm³/mol. The number of hydrazine groups is 1. The molecular weight excluding hydrogens is 339 g/mol. The highest BCUT2D eigenvalue weighted by molar-refractivity contribution is 5.85. The van der Waals surface area contributed by atoms with Crippen LogP contribution in [0.2, 0.25) is 0 Å². The van der Waals surface area contributed by atoms with Gasteiger partial charge in [-0.1, -0.05) is 18.2 Å². The van der Waals surface area contributed by atoms with E-state index in [1.807, 2.05) is 32.0 Å². The lowest BCUT2D eigenvalue weighted by Gasteiger charge is -2.15. The number of carbonyl (C=O) groups excluding carboxylic acids is 2. The molecule has 138 valence electrons. The Morgan fingerprint density at radius 2 is 1.73 bits per heavy atom. The number of halogens is 1. The highest BCUT2D eigenvalue weighted by Gasteiger charge is 2.17. The van der Waals surface area contributed by atoms with Gasteiger partial charge in [0.05, 0.1) is 0 Å². The van der Waals surface area contributed by atoms with Crippen molar-refractivity contribution in [2.75, 3.05) is 6.61 Å². The Morgan fingerprint density at radius 1 is 1.08 bits per heavy atom. The Morgan fingerprint density at radius 3 is 2.38 bits per heavy atom. The third-order valence-corrected chi connectivity index (χ3v) is 3.40. The van der Waals surface area contributed by atoms with Crippen LogP contribution in [0.3, 0.4) is 0 Å². The second-order valence-electron chi connectivity index (χ2n) is 5.84. The van der Waals surface area contributed by atoms with E-state index in [2.05, 4.69) is 10.9 Å². The molecular formula is C19H21FN2O4. The van der Waals surface area contributed by atoms with Gasteiger partial charge in [0.2, 0.25) is 0 Å². The van der Waals surface area contributed by atoms with Gasteiger partial charge in [0.15, 0.2) is 24.3 Å². The number of nitrogens with one attached hydrogen (secondary N) is 2. The Balaban J connectivity index is 1.77. The van der Waals surface area contributed by atoms with E-state index in [4.69, 9.17) is 9.47 Å². The molecule has 0 saturated heterocycles. The lowest BCUT2D eigenvalue weighted by molar-refractivity contribution is -0.133. The maximum atomic E-state index is 13.5. The molecule has 2 rings (SSSR count). The van der Waals surface area contributed by atoms with Gasteiger partial charge in [-0.2, -0.15) is 0 Å². The van der Waals surface area contributed by atoms with Crippen LogP contribution in [-0.4, -0.2) is 24.5 Å². The first kappa shape index (κ1) is 19.2. The molecule has 1 atom stereocenters. The topological polar surface area (TPSA) is 76.7 Å². The molecule has 0 fully saturated rings. The first-order valence-corrected chi connectivity index (χ1v) is 8.06. The summed E-state index contributed by atoms with van der Waals surface area (Å²) in [5.74, 6) is -1.19. The molecule has 0 saturated carbocycles. The first-order chi connectivity index (χ1) is 12.3. The zero-order valence-corrected chi connectivity index (χ0v) is 14.8. The van der Waals surface area contributed by atoms with Crippen molar-refractivity contribution < 1.29 is 23.5 Å². The summed E-state index contributed by atoms with van der Waals surface area (Å²) in [6, 6.07) is 11.4. The van der Waals surface area contributed by atoms with Crippen molar-refractivity contribution in [3.05, 3.63) is 59.4 Å². The largest absolute Gasteiger partial charge is 0.484 e. The van der Waals surface area contributed by atoms with E-state index in [0.29, 0.717) is 5.75 Å². The second kappa shape index (κ2) is 8.84. The molecule has 0 aliphatic carbocycles. The van der Waals surface area contributed by atoms with Crippen LogP contribution in [0.25, 0.3) is 0 Å².